The molecule has 0 bridgehead atoms. The number of ether oxygens (including phenoxy) is 3. The number of hydrogen-bond donors (Lipinski definition) is 1. The highest BCUT2D eigenvalue weighted by Crippen LogP contribution is 2.44. The normalized spacial score (nSPS) is 13.3. The first-order valence-electron chi connectivity index (χ1n) is 5.58. The van der Waals surface area contributed by atoms with Crippen LogP contribution in [0.3, 0.4) is 0 Å². The van der Waals surface area contributed by atoms with Crippen LogP contribution in [0, 0.1) is 0 Å². The lowest BCUT2D eigenvalue weighted by molar-refractivity contribution is 0.0970. The molecular formula is C12H14ClNO4. The molecule has 2 N–H and O–H groups in total. The summed E-state index contributed by atoms with van der Waals surface area (Å²) in [6.45, 7) is 1.07. The number of benzene rings is 1. The number of rotatable bonds is 4. The van der Waals surface area contributed by atoms with E-state index in [1.54, 1.807) is 6.07 Å². The Morgan fingerprint density at radius 2 is 2.22 bits per heavy atom. The predicted molar refractivity (Wildman–Crippen MR) is 67.0 cm³/mol. The van der Waals surface area contributed by atoms with Gasteiger partial charge in [-0.3, -0.25) is 4.79 Å². The summed E-state index contributed by atoms with van der Waals surface area (Å²) >= 11 is 6.07. The Kier molecular flexibility index (Phi) is 3.93. The lowest BCUT2D eigenvalue weighted by Gasteiger charge is -2.22. The quantitative estimate of drug-likeness (QED) is 0.843. The Bertz CT molecular complexity index is 476. The number of carbonyl (C=O) groups is 1. The molecule has 2 rings (SSSR count). The lowest BCUT2D eigenvalue weighted by atomic mass is 10.0. The summed E-state index contributed by atoms with van der Waals surface area (Å²) in [6, 6.07) is 1.59. The maximum Gasteiger partial charge on any atom is 0.176 e. The van der Waals surface area contributed by atoms with Crippen molar-refractivity contribution < 1.29 is 19.0 Å². The predicted octanol–water partition coefficient (Wildman–Crippen LogP) is 1.65. The maximum atomic E-state index is 12.1. The van der Waals surface area contributed by atoms with E-state index in [9.17, 15) is 4.79 Å². The molecule has 0 aromatic heterocycles. The second-order valence-electron chi connectivity index (χ2n) is 3.75. The molecule has 1 aromatic rings. The summed E-state index contributed by atoms with van der Waals surface area (Å²) in [5.41, 5.74) is 5.72. The van der Waals surface area contributed by atoms with Crippen LogP contribution >= 0.6 is 11.6 Å². The molecule has 6 heteroatoms. The van der Waals surface area contributed by atoms with Gasteiger partial charge in [-0.2, -0.15) is 0 Å². The number of hydrogen-bond acceptors (Lipinski definition) is 5. The van der Waals surface area contributed by atoms with E-state index < -0.39 is 0 Å². The molecule has 0 atom stereocenters. The van der Waals surface area contributed by atoms with Crippen LogP contribution in [0.25, 0.3) is 0 Å². The molecule has 0 unspecified atom stereocenters. The molecule has 0 fully saturated rings. The first kappa shape index (κ1) is 13.0. The van der Waals surface area contributed by atoms with Crippen LogP contribution in [0.15, 0.2) is 6.07 Å². The van der Waals surface area contributed by atoms with Crippen molar-refractivity contribution >= 4 is 17.4 Å². The van der Waals surface area contributed by atoms with Crippen LogP contribution in [0.2, 0.25) is 5.02 Å². The van der Waals surface area contributed by atoms with E-state index in [2.05, 4.69) is 0 Å². The third kappa shape index (κ3) is 2.23. The van der Waals surface area contributed by atoms with Crippen LogP contribution in [-0.2, 0) is 0 Å². The molecule has 1 aromatic carbocycles. The van der Waals surface area contributed by atoms with Crippen molar-refractivity contribution in [2.75, 3.05) is 26.9 Å². The van der Waals surface area contributed by atoms with Gasteiger partial charge in [-0.1, -0.05) is 11.6 Å². The van der Waals surface area contributed by atoms with Gasteiger partial charge in [-0.05, 0) is 6.54 Å². The van der Waals surface area contributed by atoms with Gasteiger partial charge in [-0.15, -0.1) is 0 Å². The van der Waals surface area contributed by atoms with Crippen LogP contribution in [0.4, 0.5) is 0 Å². The van der Waals surface area contributed by atoms with E-state index >= 15 is 0 Å². The smallest absolute Gasteiger partial charge is 0.176 e. The van der Waals surface area contributed by atoms with Gasteiger partial charge in [0.05, 0.1) is 12.1 Å². The summed E-state index contributed by atoms with van der Waals surface area (Å²) in [5, 5.41) is 0.321. The van der Waals surface area contributed by atoms with Crippen molar-refractivity contribution in [1.82, 2.24) is 0 Å². The zero-order valence-corrected chi connectivity index (χ0v) is 10.8. The zero-order valence-electron chi connectivity index (χ0n) is 9.99. The summed E-state index contributed by atoms with van der Waals surface area (Å²) in [5.74, 6) is 0.992. The second-order valence-corrected chi connectivity index (χ2v) is 4.16. The summed E-state index contributed by atoms with van der Waals surface area (Å²) in [6.07, 6.45) is 0.201. The monoisotopic (exact) mass is 271 g/mol. The van der Waals surface area contributed by atoms with Crippen molar-refractivity contribution in [1.29, 1.82) is 0 Å². The number of halogens is 1. The third-order valence-electron chi connectivity index (χ3n) is 2.59. The highest BCUT2D eigenvalue weighted by atomic mass is 35.5. The minimum Gasteiger partial charge on any atom is -0.494 e. The van der Waals surface area contributed by atoms with E-state index in [1.165, 1.54) is 7.11 Å². The summed E-state index contributed by atoms with van der Waals surface area (Å²) < 4.78 is 16.1. The number of carbonyl (C=O) groups excluding carboxylic acids is 1. The highest BCUT2D eigenvalue weighted by Gasteiger charge is 2.27. The number of Topliss-reactive ketones (excluding diaryl/α,β-unsaturated/α-hetero) is 1. The van der Waals surface area contributed by atoms with Crippen molar-refractivity contribution in [2.45, 2.75) is 6.42 Å². The minimum atomic E-state index is -0.168. The molecule has 1 aliphatic rings. The third-order valence-corrected chi connectivity index (χ3v) is 2.88. The summed E-state index contributed by atoms with van der Waals surface area (Å²) in [4.78, 5) is 12.1. The van der Waals surface area contributed by atoms with Crippen molar-refractivity contribution in [2.24, 2.45) is 5.73 Å². The molecule has 1 aliphatic heterocycles. The Morgan fingerprint density at radius 3 is 2.89 bits per heavy atom. The van der Waals surface area contributed by atoms with Gasteiger partial charge < -0.3 is 19.9 Å². The molecule has 98 valence electrons. The second kappa shape index (κ2) is 5.46. The van der Waals surface area contributed by atoms with Crippen LogP contribution in [0.5, 0.6) is 17.2 Å². The number of nitrogens with two attached hydrogens (primary N) is 1. The van der Waals surface area contributed by atoms with Gasteiger partial charge in [0.2, 0.25) is 0 Å². The first-order valence-corrected chi connectivity index (χ1v) is 5.96. The van der Waals surface area contributed by atoms with Crippen LogP contribution < -0.4 is 19.9 Å². The molecule has 0 amide bonds. The molecule has 1 heterocycles. The van der Waals surface area contributed by atoms with Crippen molar-refractivity contribution in [3.8, 4) is 17.2 Å². The van der Waals surface area contributed by atoms with Gasteiger partial charge >= 0.3 is 0 Å². The molecule has 18 heavy (non-hydrogen) atoms. The van der Waals surface area contributed by atoms with Gasteiger partial charge in [0.15, 0.2) is 23.0 Å². The fraction of sp³-hybridized carbons (Fsp3) is 0.417. The van der Waals surface area contributed by atoms with E-state index in [4.69, 9.17) is 31.5 Å². The van der Waals surface area contributed by atoms with Gasteiger partial charge in [-0.25, -0.2) is 0 Å². The highest BCUT2D eigenvalue weighted by molar-refractivity contribution is 6.33. The molecule has 0 radical (unpaired) electrons. The Hall–Kier alpha value is -1.46. The first-order chi connectivity index (χ1) is 8.69. The van der Waals surface area contributed by atoms with Gasteiger partial charge in [0.1, 0.15) is 18.8 Å². The van der Waals surface area contributed by atoms with E-state index in [1.807, 2.05) is 0 Å². The Morgan fingerprint density at radius 1 is 1.50 bits per heavy atom. The molecule has 0 aliphatic carbocycles. The van der Waals surface area contributed by atoms with Crippen molar-refractivity contribution in [3.63, 3.8) is 0 Å². The zero-order chi connectivity index (χ0) is 13.1. The average molecular weight is 272 g/mol. The van der Waals surface area contributed by atoms with Gasteiger partial charge in [0.25, 0.3) is 0 Å². The fourth-order valence-corrected chi connectivity index (χ4v) is 2.12. The van der Waals surface area contributed by atoms with E-state index in [-0.39, 0.29) is 18.7 Å². The fourth-order valence-electron chi connectivity index (χ4n) is 1.85. The Labute approximate surface area is 110 Å². The van der Waals surface area contributed by atoms with Crippen LogP contribution in [-0.4, -0.2) is 32.7 Å². The Balaban J connectivity index is 2.58. The van der Waals surface area contributed by atoms with Crippen molar-refractivity contribution in [3.05, 3.63) is 16.7 Å². The topological polar surface area (TPSA) is 70.8 Å². The number of fused-ring (bicyclic) bond motifs is 1. The lowest BCUT2D eigenvalue weighted by Crippen LogP contribution is -2.19. The standard InChI is InChI=1S/C12H14ClNO4/c1-16-11-7(13)6-9-12(18-5-4-17-9)10(11)8(15)2-3-14/h6H,2-5,14H2,1H3. The van der Waals surface area contributed by atoms with E-state index in [0.717, 1.165) is 0 Å². The maximum absolute atomic E-state index is 12.1. The minimum absolute atomic E-state index is 0.168. The largest absolute Gasteiger partial charge is 0.494 e. The molecule has 5 nitrogen and oxygen atoms in total. The van der Waals surface area contributed by atoms with Crippen LogP contribution in [0.1, 0.15) is 16.8 Å². The van der Waals surface area contributed by atoms with Gasteiger partial charge in [0, 0.05) is 12.5 Å². The average Bonchev–Trinajstić information content (AvgIpc) is 2.37. The van der Waals surface area contributed by atoms with E-state index in [0.29, 0.717) is 41.0 Å². The summed E-state index contributed by atoms with van der Waals surface area (Å²) in [7, 11) is 1.45. The number of methoxy groups -OCH3 is 1. The molecule has 0 saturated carbocycles. The SMILES string of the molecule is COc1c(Cl)cc2c(c1C(=O)CCN)OCCO2. The molecule has 0 saturated heterocycles. The number of ketones is 1. The molecular weight excluding hydrogens is 258 g/mol. The molecule has 0 spiro atoms.